The molecular weight excluding hydrogens is 460 g/mol. The highest BCUT2D eigenvalue weighted by Gasteiger charge is 2.20. The molecule has 2 aromatic carbocycles. The van der Waals surface area contributed by atoms with E-state index >= 15 is 0 Å². The second-order valence-electron chi connectivity index (χ2n) is 6.50. The van der Waals surface area contributed by atoms with Crippen molar-refractivity contribution in [2.24, 2.45) is 4.99 Å². The van der Waals surface area contributed by atoms with Gasteiger partial charge in [0.05, 0.1) is 6.61 Å². The standard InChI is InChI=1S/C20H22FN3O2.HI/c1-22-20(24-7-6-14-4-2-3-5-15(14)11-24)23-10-16-8-18(21)9-17-12-25-13-26-19(16)17;/h2-5,8-9H,6-7,10-13H2,1H3,(H,22,23);1H. The summed E-state index contributed by atoms with van der Waals surface area (Å²) in [5.41, 5.74) is 4.24. The minimum absolute atomic E-state index is 0. The van der Waals surface area contributed by atoms with Crippen molar-refractivity contribution in [1.29, 1.82) is 0 Å². The van der Waals surface area contributed by atoms with Crippen molar-refractivity contribution in [3.63, 3.8) is 0 Å². The van der Waals surface area contributed by atoms with Crippen LogP contribution in [0.2, 0.25) is 0 Å². The average Bonchev–Trinajstić information content (AvgIpc) is 2.68. The number of hydrogen-bond donors (Lipinski definition) is 1. The molecule has 0 radical (unpaired) electrons. The Morgan fingerprint density at radius 2 is 2.04 bits per heavy atom. The molecule has 27 heavy (non-hydrogen) atoms. The van der Waals surface area contributed by atoms with E-state index in [1.165, 1.54) is 23.3 Å². The molecule has 5 nitrogen and oxygen atoms in total. The van der Waals surface area contributed by atoms with Crippen molar-refractivity contribution in [2.75, 3.05) is 20.4 Å². The van der Waals surface area contributed by atoms with Crippen molar-refractivity contribution in [1.82, 2.24) is 10.2 Å². The highest BCUT2D eigenvalue weighted by Crippen LogP contribution is 2.29. The summed E-state index contributed by atoms with van der Waals surface area (Å²) in [5, 5.41) is 3.35. The third-order valence-electron chi connectivity index (χ3n) is 4.83. The number of fused-ring (bicyclic) bond motifs is 2. The maximum Gasteiger partial charge on any atom is 0.194 e. The number of nitrogens with zero attached hydrogens (tertiary/aromatic N) is 2. The first kappa shape index (κ1) is 19.9. The van der Waals surface area contributed by atoms with Gasteiger partial charge in [0.1, 0.15) is 11.6 Å². The molecule has 0 unspecified atom stereocenters. The first-order valence-corrected chi connectivity index (χ1v) is 8.79. The largest absolute Gasteiger partial charge is 0.467 e. The summed E-state index contributed by atoms with van der Waals surface area (Å²) >= 11 is 0. The number of rotatable bonds is 2. The molecule has 4 rings (SSSR count). The smallest absolute Gasteiger partial charge is 0.194 e. The quantitative estimate of drug-likeness (QED) is 0.404. The Balaban J connectivity index is 0.00000210. The van der Waals surface area contributed by atoms with Crippen LogP contribution >= 0.6 is 24.0 Å². The van der Waals surface area contributed by atoms with Crippen LogP contribution in [0.1, 0.15) is 22.3 Å². The molecule has 2 heterocycles. The van der Waals surface area contributed by atoms with E-state index in [4.69, 9.17) is 9.47 Å². The Labute approximate surface area is 175 Å². The van der Waals surface area contributed by atoms with Gasteiger partial charge in [0.15, 0.2) is 12.8 Å². The van der Waals surface area contributed by atoms with Crippen molar-refractivity contribution in [2.45, 2.75) is 26.1 Å². The van der Waals surface area contributed by atoms with Crippen molar-refractivity contribution < 1.29 is 13.9 Å². The van der Waals surface area contributed by atoms with Crippen LogP contribution in [-0.2, 0) is 30.9 Å². The van der Waals surface area contributed by atoms with Gasteiger partial charge in [-0.15, -0.1) is 24.0 Å². The van der Waals surface area contributed by atoms with E-state index in [1.807, 2.05) is 0 Å². The van der Waals surface area contributed by atoms with Crippen LogP contribution in [0.15, 0.2) is 41.4 Å². The van der Waals surface area contributed by atoms with Crippen LogP contribution in [0.4, 0.5) is 4.39 Å². The number of halogens is 2. The third kappa shape index (κ3) is 4.35. The predicted molar refractivity (Wildman–Crippen MR) is 113 cm³/mol. The lowest BCUT2D eigenvalue weighted by Crippen LogP contribution is -2.43. The molecule has 7 heteroatoms. The van der Waals surface area contributed by atoms with Crippen molar-refractivity contribution in [3.8, 4) is 5.75 Å². The molecule has 0 fully saturated rings. The van der Waals surface area contributed by atoms with Crippen LogP contribution in [0.25, 0.3) is 0 Å². The van der Waals surface area contributed by atoms with Crippen LogP contribution < -0.4 is 10.1 Å². The molecule has 0 aliphatic carbocycles. The van der Waals surface area contributed by atoms with E-state index < -0.39 is 0 Å². The topological polar surface area (TPSA) is 46.1 Å². The van der Waals surface area contributed by atoms with E-state index in [2.05, 4.69) is 39.5 Å². The van der Waals surface area contributed by atoms with Gasteiger partial charge in [0.2, 0.25) is 0 Å². The van der Waals surface area contributed by atoms with E-state index in [0.29, 0.717) is 18.9 Å². The van der Waals surface area contributed by atoms with E-state index in [1.54, 1.807) is 7.05 Å². The molecule has 0 spiro atoms. The van der Waals surface area contributed by atoms with Gasteiger partial charge in [-0.1, -0.05) is 24.3 Å². The number of aliphatic imine (C=N–C) groups is 1. The summed E-state index contributed by atoms with van der Waals surface area (Å²) in [7, 11) is 1.77. The van der Waals surface area contributed by atoms with Crippen LogP contribution in [-0.4, -0.2) is 31.2 Å². The third-order valence-corrected chi connectivity index (χ3v) is 4.83. The van der Waals surface area contributed by atoms with E-state index in [9.17, 15) is 4.39 Å². The number of nitrogens with one attached hydrogen (secondary N) is 1. The molecular formula is C20H23FIN3O2. The molecule has 0 aromatic heterocycles. The molecule has 0 saturated heterocycles. The van der Waals surface area contributed by atoms with E-state index in [0.717, 1.165) is 36.6 Å². The van der Waals surface area contributed by atoms with Crippen LogP contribution in [0, 0.1) is 5.82 Å². The minimum Gasteiger partial charge on any atom is -0.467 e. The number of benzene rings is 2. The summed E-state index contributed by atoms with van der Waals surface area (Å²) < 4.78 is 24.7. The van der Waals surface area contributed by atoms with Crippen molar-refractivity contribution >= 4 is 29.9 Å². The number of hydrogen-bond acceptors (Lipinski definition) is 3. The maximum absolute atomic E-state index is 13.9. The van der Waals surface area contributed by atoms with E-state index in [-0.39, 0.29) is 36.6 Å². The van der Waals surface area contributed by atoms with Gasteiger partial charge in [0.25, 0.3) is 0 Å². The summed E-state index contributed by atoms with van der Waals surface area (Å²) in [4.78, 5) is 6.63. The fraction of sp³-hybridized carbons (Fsp3) is 0.350. The molecule has 2 aliphatic heterocycles. The molecule has 0 bridgehead atoms. The Kier molecular flexibility index (Phi) is 6.54. The second-order valence-corrected chi connectivity index (χ2v) is 6.50. The van der Waals surface area contributed by atoms with Crippen molar-refractivity contribution in [3.05, 3.63) is 64.5 Å². The highest BCUT2D eigenvalue weighted by molar-refractivity contribution is 14.0. The zero-order valence-electron chi connectivity index (χ0n) is 15.2. The number of ether oxygens (including phenoxy) is 2. The second kappa shape index (κ2) is 8.88. The lowest BCUT2D eigenvalue weighted by molar-refractivity contribution is -0.0173. The fourth-order valence-electron chi connectivity index (χ4n) is 3.57. The van der Waals surface area contributed by atoms with Crippen LogP contribution in [0.5, 0.6) is 5.75 Å². The first-order chi connectivity index (χ1) is 12.7. The van der Waals surface area contributed by atoms with Gasteiger partial charge in [0, 0.05) is 37.8 Å². The molecule has 144 valence electrons. The zero-order chi connectivity index (χ0) is 17.9. The first-order valence-electron chi connectivity index (χ1n) is 8.79. The van der Waals surface area contributed by atoms with Gasteiger partial charge < -0.3 is 19.7 Å². The van der Waals surface area contributed by atoms with Gasteiger partial charge in [-0.2, -0.15) is 0 Å². The monoisotopic (exact) mass is 483 g/mol. The maximum atomic E-state index is 13.9. The summed E-state index contributed by atoms with van der Waals surface area (Å²) in [5.74, 6) is 1.24. The van der Waals surface area contributed by atoms with Gasteiger partial charge in [-0.05, 0) is 29.7 Å². The SMILES string of the molecule is CN=C(NCc1cc(F)cc2c1OCOC2)N1CCc2ccccc2C1.I. The molecule has 0 saturated carbocycles. The molecule has 0 atom stereocenters. The Bertz CT molecular complexity index is 844. The summed E-state index contributed by atoms with van der Waals surface area (Å²) in [6.45, 7) is 2.75. The predicted octanol–water partition coefficient (Wildman–Crippen LogP) is 3.44. The zero-order valence-corrected chi connectivity index (χ0v) is 17.5. The summed E-state index contributed by atoms with van der Waals surface area (Å²) in [6, 6.07) is 11.5. The Morgan fingerprint density at radius 1 is 1.22 bits per heavy atom. The summed E-state index contributed by atoms with van der Waals surface area (Å²) in [6.07, 6.45) is 0.993. The molecule has 2 aliphatic rings. The van der Waals surface area contributed by atoms with Gasteiger partial charge in [-0.25, -0.2) is 4.39 Å². The van der Waals surface area contributed by atoms with Gasteiger partial charge in [-0.3, -0.25) is 4.99 Å². The molecule has 1 N–H and O–H groups in total. The molecule has 2 aromatic rings. The lowest BCUT2D eigenvalue weighted by atomic mass is 10.0. The molecule has 0 amide bonds. The van der Waals surface area contributed by atoms with Crippen LogP contribution in [0.3, 0.4) is 0 Å². The lowest BCUT2D eigenvalue weighted by Gasteiger charge is -2.32. The normalized spacial score (nSPS) is 15.9. The Morgan fingerprint density at radius 3 is 2.85 bits per heavy atom. The average molecular weight is 483 g/mol. The minimum atomic E-state index is -0.281. The number of guanidine groups is 1. The van der Waals surface area contributed by atoms with Gasteiger partial charge >= 0.3 is 0 Å². The Hall–Kier alpha value is -1.87. The fourth-order valence-corrected chi connectivity index (χ4v) is 3.57. The highest BCUT2D eigenvalue weighted by atomic mass is 127.